The Morgan fingerprint density at radius 2 is 2.53 bits per heavy atom. The third-order valence-corrected chi connectivity index (χ3v) is 2.36. The van der Waals surface area contributed by atoms with Crippen molar-refractivity contribution in [3.8, 4) is 12.3 Å². The average Bonchev–Trinajstić information content (AvgIpc) is 2.56. The Morgan fingerprint density at radius 3 is 3.20 bits per heavy atom. The highest BCUT2D eigenvalue weighted by Crippen LogP contribution is 2.19. The molecule has 0 spiro atoms. The van der Waals surface area contributed by atoms with E-state index in [0.717, 1.165) is 17.7 Å². The van der Waals surface area contributed by atoms with Crippen molar-refractivity contribution in [2.45, 2.75) is 19.6 Å². The smallest absolute Gasteiger partial charge is 0.141 e. The van der Waals surface area contributed by atoms with E-state index in [1.807, 2.05) is 0 Å². The van der Waals surface area contributed by atoms with Crippen molar-refractivity contribution in [2.24, 2.45) is 5.73 Å². The first kappa shape index (κ1) is 9.74. The molecule has 0 aromatic carbocycles. The van der Waals surface area contributed by atoms with Crippen LogP contribution in [0.5, 0.6) is 0 Å². The van der Waals surface area contributed by atoms with E-state index < -0.39 is 0 Å². The van der Waals surface area contributed by atoms with Gasteiger partial charge in [0.2, 0.25) is 0 Å². The Hall–Kier alpha value is -1.80. The van der Waals surface area contributed by atoms with Crippen LogP contribution in [0.15, 0.2) is 0 Å². The number of fused-ring (bicyclic) bond motifs is 1. The summed E-state index contributed by atoms with van der Waals surface area (Å²) in [5, 5.41) is 11.8. The van der Waals surface area contributed by atoms with Gasteiger partial charge >= 0.3 is 0 Å². The highest BCUT2D eigenvalue weighted by atomic mass is 16.5. The fourth-order valence-electron chi connectivity index (χ4n) is 1.75. The van der Waals surface area contributed by atoms with Crippen LogP contribution in [0.2, 0.25) is 0 Å². The highest BCUT2D eigenvalue weighted by molar-refractivity contribution is 5.95. The molecule has 0 amide bonds. The van der Waals surface area contributed by atoms with E-state index in [-0.39, 0.29) is 5.84 Å². The Labute approximate surface area is 87.7 Å². The number of nitrogens with two attached hydrogens (primary N) is 1. The summed E-state index contributed by atoms with van der Waals surface area (Å²) in [7, 11) is 0. The minimum atomic E-state index is -0.00972. The molecule has 0 fully saturated rings. The molecule has 0 bridgehead atoms. The zero-order valence-corrected chi connectivity index (χ0v) is 8.29. The number of ether oxygens (including phenoxy) is 1. The lowest BCUT2D eigenvalue weighted by molar-refractivity contribution is 0.110. The lowest BCUT2D eigenvalue weighted by atomic mass is 10.1. The van der Waals surface area contributed by atoms with Gasteiger partial charge in [0.1, 0.15) is 18.1 Å². The number of terminal acetylenes is 1. The van der Waals surface area contributed by atoms with E-state index in [9.17, 15) is 0 Å². The van der Waals surface area contributed by atoms with Crippen LogP contribution in [-0.4, -0.2) is 22.2 Å². The maximum absolute atomic E-state index is 7.50. The van der Waals surface area contributed by atoms with Gasteiger partial charge in [0.05, 0.1) is 18.9 Å². The molecular formula is C10H12N4O. The molecule has 0 saturated carbocycles. The van der Waals surface area contributed by atoms with Gasteiger partial charge in [-0.15, -0.1) is 6.42 Å². The van der Waals surface area contributed by atoms with Gasteiger partial charge in [0.15, 0.2) is 0 Å². The van der Waals surface area contributed by atoms with Crippen LogP contribution >= 0.6 is 0 Å². The highest BCUT2D eigenvalue weighted by Gasteiger charge is 2.22. The predicted molar refractivity (Wildman–Crippen MR) is 55.4 cm³/mol. The van der Waals surface area contributed by atoms with Gasteiger partial charge < -0.3 is 10.5 Å². The summed E-state index contributed by atoms with van der Waals surface area (Å²) < 4.78 is 6.92. The monoisotopic (exact) mass is 204 g/mol. The molecule has 0 unspecified atom stereocenters. The molecule has 3 N–H and O–H groups in total. The molecule has 78 valence electrons. The Bertz CT molecular complexity index is 441. The molecule has 1 aliphatic heterocycles. The molecule has 0 radical (unpaired) electrons. The average molecular weight is 204 g/mol. The minimum Gasteiger partial charge on any atom is -0.382 e. The van der Waals surface area contributed by atoms with Crippen molar-refractivity contribution < 1.29 is 4.74 Å². The molecule has 5 heteroatoms. The second kappa shape index (κ2) is 3.75. The summed E-state index contributed by atoms with van der Waals surface area (Å²) in [5.41, 5.74) is 7.96. The van der Waals surface area contributed by atoms with Crippen LogP contribution in [0.25, 0.3) is 0 Å². The summed E-state index contributed by atoms with van der Waals surface area (Å²) in [6, 6.07) is 0. The van der Waals surface area contributed by atoms with Crippen molar-refractivity contribution in [3.63, 3.8) is 0 Å². The van der Waals surface area contributed by atoms with Gasteiger partial charge in [-0.2, -0.15) is 5.10 Å². The SMILES string of the molecule is C#CCn1nc2c(c1C(=N)N)COCC2. The number of rotatable bonds is 2. The number of nitrogens with zero attached hydrogens (tertiary/aromatic N) is 2. The number of hydrogen-bond acceptors (Lipinski definition) is 3. The molecule has 5 nitrogen and oxygen atoms in total. The minimum absolute atomic E-state index is 0.00972. The first-order valence-corrected chi connectivity index (χ1v) is 4.68. The summed E-state index contributed by atoms with van der Waals surface area (Å²) >= 11 is 0. The fraction of sp³-hybridized carbons (Fsp3) is 0.400. The Kier molecular flexibility index (Phi) is 2.44. The van der Waals surface area contributed by atoms with E-state index in [2.05, 4.69) is 11.0 Å². The molecule has 2 heterocycles. The molecule has 1 aromatic heterocycles. The first-order valence-electron chi connectivity index (χ1n) is 4.68. The fourth-order valence-corrected chi connectivity index (χ4v) is 1.75. The quantitative estimate of drug-likeness (QED) is 0.400. The van der Waals surface area contributed by atoms with Crippen LogP contribution < -0.4 is 5.73 Å². The number of nitrogens with one attached hydrogen (secondary N) is 1. The van der Waals surface area contributed by atoms with Crippen LogP contribution in [0.3, 0.4) is 0 Å². The molecule has 0 aliphatic carbocycles. The van der Waals surface area contributed by atoms with Crippen LogP contribution in [0.4, 0.5) is 0 Å². The Balaban J connectivity index is 2.51. The molecule has 0 atom stereocenters. The molecular weight excluding hydrogens is 192 g/mol. The van der Waals surface area contributed by atoms with Crippen molar-refractivity contribution >= 4 is 5.84 Å². The number of nitrogen functional groups attached to an aromatic ring is 1. The van der Waals surface area contributed by atoms with Crippen LogP contribution in [0.1, 0.15) is 17.0 Å². The van der Waals surface area contributed by atoms with E-state index in [1.54, 1.807) is 4.68 Å². The summed E-state index contributed by atoms with van der Waals surface area (Å²) in [6.45, 7) is 1.47. The normalized spacial score (nSPS) is 14.3. The summed E-state index contributed by atoms with van der Waals surface area (Å²) in [6.07, 6.45) is 5.99. The van der Waals surface area contributed by atoms with E-state index in [0.29, 0.717) is 25.5 Å². The van der Waals surface area contributed by atoms with E-state index in [4.69, 9.17) is 22.3 Å². The standard InChI is InChI=1S/C10H12N4O/c1-2-4-14-9(10(11)12)7-6-15-5-3-8(7)13-14/h1H,3-6H2,(H3,11,12). The first-order chi connectivity index (χ1) is 7.24. The maximum Gasteiger partial charge on any atom is 0.141 e. The maximum atomic E-state index is 7.50. The number of amidine groups is 1. The van der Waals surface area contributed by atoms with Crippen molar-refractivity contribution in [3.05, 3.63) is 17.0 Å². The van der Waals surface area contributed by atoms with Crippen molar-refractivity contribution in [1.29, 1.82) is 5.41 Å². The zero-order chi connectivity index (χ0) is 10.8. The van der Waals surface area contributed by atoms with Gasteiger partial charge in [0, 0.05) is 12.0 Å². The Morgan fingerprint density at radius 1 is 1.73 bits per heavy atom. The summed E-state index contributed by atoms with van der Waals surface area (Å²) in [4.78, 5) is 0. The second-order valence-electron chi connectivity index (χ2n) is 3.35. The third-order valence-electron chi connectivity index (χ3n) is 2.36. The third kappa shape index (κ3) is 1.60. The van der Waals surface area contributed by atoms with Crippen LogP contribution in [-0.2, 0) is 24.3 Å². The molecule has 0 saturated heterocycles. The van der Waals surface area contributed by atoms with E-state index in [1.165, 1.54) is 0 Å². The van der Waals surface area contributed by atoms with Crippen molar-refractivity contribution in [1.82, 2.24) is 9.78 Å². The number of hydrogen-bond donors (Lipinski definition) is 2. The second-order valence-corrected chi connectivity index (χ2v) is 3.35. The van der Waals surface area contributed by atoms with Gasteiger partial charge in [-0.25, -0.2) is 4.68 Å². The molecule has 1 aromatic rings. The molecule has 1 aliphatic rings. The summed E-state index contributed by atoms with van der Waals surface area (Å²) in [5.74, 6) is 2.49. The molecule has 15 heavy (non-hydrogen) atoms. The molecule has 2 rings (SSSR count). The lowest BCUT2D eigenvalue weighted by Gasteiger charge is -2.11. The zero-order valence-electron chi connectivity index (χ0n) is 8.29. The van der Waals surface area contributed by atoms with E-state index >= 15 is 0 Å². The van der Waals surface area contributed by atoms with Crippen LogP contribution in [0, 0.1) is 17.8 Å². The lowest BCUT2D eigenvalue weighted by Crippen LogP contribution is -2.20. The van der Waals surface area contributed by atoms with Gasteiger partial charge in [0.25, 0.3) is 0 Å². The topological polar surface area (TPSA) is 76.9 Å². The predicted octanol–water partition coefficient (Wildman–Crippen LogP) is -0.127. The largest absolute Gasteiger partial charge is 0.382 e. The van der Waals surface area contributed by atoms with Crippen molar-refractivity contribution in [2.75, 3.05) is 6.61 Å². The van der Waals surface area contributed by atoms with Gasteiger partial charge in [-0.05, 0) is 0 Å². The van der Waals surface area contributed by atoms with Gasteiger partial charge in [-0.3, -0.25) is 5.41 Å². The van der Waals surface area contributed by atoms with Gasteiger partial charge in [-0.1, -0.05) is 5.92 Å². The number of aromatic nitrogens is 2.